The molecule has 5 nitrogen and oxygen atoms in total. The van der Waals surface area contributed by atoms with Crippen LogP contribution in [0.15, 0.2) is 53.7 Å². The first kappa shape index (κ1) is 15.9. The van der Waals surface area contributed by atoms with Gasteiger partial charge in [0.2, 0.25) is 0 Å². The number of oxime groups is 1. The highest BCUT2D eigenvalue weighted by Crippen LogP contribution is 2.36. The molecule has 0 amide bonds. The van der Waals surface area contributed by atoms with Gasteiger partial charge in [-0.3, -0.25) is 0 Å². The van der Waals surface area contributed by atoms with E-state index in [1.54, 1.807) is 20.8 Å². The van der Waals surface area contributed by atoms with Crippen molar-refractivity contribution in [2.45, 2.75) is 26.4 Å². The Labute approximate surface area is 139 Å². The molecule has 24 heavy (non-hydrogen) atoms. The highest BCUT2D eigenvalue weighted by molar-refractivity contribution is 6.30. The molecular formula is C19H17NO4. The van der Waals surface area contributed by atoms with Crippen molar-refractivity contribution in [3.63, 3.8) is 0 Å². The second kappa shape index (κ2) is 5.92. The smallest absolute Gasteiger partial charge is 0.443 e. The van der Waals surface area contributed by atoms with Crippen molar-refractivity contribution in [2.75, 3.05) is 0 Å². The molecule has 0 radical (unpaired) electrons. The topological polar surface area (TPSA) is 65.0 Å². The summed E-state index contributed by atoms with van der Waals surface area (Å²) in [6, 6.07) is 15.4. The van der Waals surface area contributed by atoms with Crippen LogP contribution in [0.25, 0.3) is 11.1 Å². The first-order chi connectivity index (χ1) is 11.4. The van der Waals surface area contributed by atoms with Crippen molar-refractivity contribution in [1.29, 1.82) is 0 Å². The van der Waals surface area contributed by atoms with Crippen LogP contribution in [0.5, 0.6) is 0 Å². The van der Waals surface area contributed by atoms with E-state index in [1.165, 1.54) is 0 Å². The molecule has 0 atom stereocenters. The van der Waals surface area contributed by atoms with Gasteiger partial charge < -0.3 is 9.57 Å². The van der Waals surface area contributed by atoms with E-state index in [9.17, 15) is 9.59 Å². The molecular weight excluding hydrogens is 306 g/mol. The lowest BCUT2D eigenvalue weighted by atomic mass is 10.1. The van der Waals surface area contributed by atoms with Crippen molar-refractivity contribution < 1.29 is 19.2 Å². The number of nitrogens with zero attached hydrogens (tertiary/aromatic N) is 1. The molecule has 0 unspecified atom stereocenters. The molecule has 1 aliphatic rings. The Kier molecular flexibility index (Phi) is 3.93. The Morgan fingerprint density at radius 3 is 1.71 bits per heavy atom. The number of carbonyl (C=O) groups is 2. The Morgan fingerprint density at radius 2 is 1.25 bits per heavy atom. The zero-order valence-corrected chi connectivity index (χ0v) is 13.7. The molecule has 0 spiro atoms. The number of carbonyl (C=O) groups excluding carboxylic acids is 2. The van der Waals surface area contributed by atoms with Crippen LogP contribution in [-0.2, 0) is 19.2 Å². The Hall–Kier alpha value is -2.95. The maximum Gasteiger partial charge on any atom is 0.443 e. The van der Waals surface area contributed by atoms with Gasteiger partial charge in [0.15, 0.2) is 0 Å². The van der Waals surface area contributed by atoms with Crippen LogP contribution in [0.3, 0.4) is 0 Å². The lowest BCUT2D eigenvalue weighted by Crippen LogP contribution is -2.29. The summed E-state index contributed by atoms with van der Waals surface area (Å²) >= 11 is 0. The van der Waals surface area contributed by atoms with Gasteiger partial charge in [-0.1, -0.05) is 53.7 Å². The van der Waals surface area contributed by atoms with Crippen molar-refractivity contribution in [3.05, 3.63) is 59.7 Å². The molecule has 0 bridgehead atoms. The van der Waals surface area contributed by atoms with Gasteiger partial charge in [0, 0.05) is 11.1 Å². The van der Waals surface area contributed by atoms with Crippen molar-refractivity contribution in [2.24, 2.45) is 5.16 Å². The monoisotopic (exact) mass is 323 g/mol. The summed E-state index contributed by atoms with van der Waals surface area (Å²) in [6.07, 6.45) is 0. The predicted molar refractivity (Wildman–Crippen MR) is 89.5 cm³/mol. The van der Waals surface area contributed by atoms with Gasteiger partial charge in [-0.25, -0.2) is 9.59 Å². The minimum absolute atomic E-state index is 0.526. The summed E-state index contributed by atoms with van der Waals surface area (Å²) in [5.74, 6) is -2.20. The Bertz CT molecular complexity index is 799. The molecule has 1 aliphatic carbocycles. The molecule has 0 aliphatic heterocycles. The second-order valence-electron chi connectivity index (χ2n) is 6.41. The van der Waals surface area contributed by atoms with Gasteiger partial charge >= 0.3 is 11.9 Å². The molecule has 5 heteroatoms. The van der Waals surface area contributed by atoms with Crippen LogP contribution >= 0.6 is 0 Å². The van der Waals surface area contributed by atoms with Crippen LogP contribution in [0, 0.1) is 0 Å². The molecule has 0 saturated heterocycles. The second-order valence-corrected chi connectivity index (χ2v) is 6.41. The summed E-state index contributed by atoms with van der Waals surface area (Å²) in [5.41, 5.74) is 3.50. The lowest BCUT2D eigenvalue weighted by Gasteiger charge is -2.17. The molecule has 0 aromatic heterocycles. The fourth-order valence-electron chi connectivity index (χ4n) is 2.54. The van der Waals surface area contributed by atoms with Crippen molar-refractivity contribution >= 4 is 17.7 Å². The number of benzene rings is 2. The van der Waals surface area contributed by atoms with Crippen LogP contribution in [0.2, 0.25) is 0 Å². The summed E-state index contributed by atoms with van der Waals surface area (Å²) < 4.78 is 4.97. The average Bonchev–Trinajstić information content (AvgIpc) is 2.85. The number of hydrogen-bond acceptors (Lipinski definition) is 5. The van der Waals surface area contributed by atoms with Gasteiger partial charge in [-0.15, -0.1) is 0 Å². The van der Waals surface area contributed by atoms with E-state index in [0.717, 1.165) is 22.3 Å². The first-order valence-electron chi connectivity index (χ1n) is 7.58. The van der Waals surface area contributed by atoms with E-state index in [1.807, 2.05) is 48.5 Å². The number of fused-ring (bicyclic) bond motifs is 3. The summed E-state index contributed by atoms with van der Waals surface area (Å²) in [6.45, 7) is 5.02. The van der Waals surface area contributed by atoms with Crippen LogP contribution < -0.4 is 0 Å². The normalized spacial score (nSPS) is 12.2. The van der Waals surface area contributed by atoms with E-state index in [4.69, 9.17) is 9.57 Å². The molecule has 3 rings (SSSR count). The minimum Gasteiger partial charge on any atom is -0.451 e. The fraction of sp³-hybridized carbons (Fsp3) is 0.211. The van der Waals surface area contributed by atoms with E-state index in [0.29, 0.717) is 5.71 Å². The summed E-state index contributed by atoms with van der Waals surface area (Å²) in [4.78, 5) is 28.3. The quantitative estimate of drug-likeness (QED) is 0.298. The fourth-order valence-corrected chi connectivity index (χ4v) is 2.54. The van der Waals surface area contributed by atoms with E-state index < -0.39 is 17.5 Å². The summed E-state index contributed by atoms with van der Waals surface area (Å²) in [7, 11) is 0. The molecule has 0 fully saturated rings. The molecule has 2 aromatic carbocycles. The highest BCUT2D eigenvalue weighted by Gasteiger charge is 2.27. The van der Waals surface area contributed by atoms with Crippen LogP contribution in [0.1, 0.15) is 31.9 Å². The van der Waals surface area contributed by atoms with Gasteiger partial charge in [0.25, 0.3) is 0 Å². The van der Waals surface area contributed by atoms with Crippen LogP contribution in [-0.4, -0.2) is 23.3 Å². The first-order valence-corrected chi connectivity index (χ1v) is 7.58. The molecule has 0 heterocycles. The maximum absolute atomic E-state index is 11.8. The van der Waals surface area contributed by atoms with Gasteiger partial charge in [0.1, 0.15) is 11.3 Å². The SMILES string of the molecule is CC(C)(C)OC(=O)C(=O)ON=C1c2ccccc2-c2ccccc21. The summed E-state index contributed by atoms with van der Waals surface area (Å²) in [5, 5.41) is 3.92. The zero-order valence-electron chi connectivity index (χ0n) is 13.7. The van der Waals surface area contributed by atoms with Gasteiger partial charge in [-0.05, 0) is 31.9 Å². The maximum atomic E-state index is 11.8. The van der Waals surface area contributed by atoms with Gasteiger partial charge in [0.05, 0.1) is 0 Å². The third kappa shape index (κ3) is 3.06. The average molecular weight is 323 g/mol. The van der Waals surface area contributed by atoms with E-state index in [2.05, 4.69) is 5.16 Å². The lowest BCUT2D eigenvalue weighted by molar-refractivity contribution is -0.174. The number of esters is 1. The van der Waals surface area contributed by atoms with Crippen LogP contribution in [0.4, 0.5) is 0 Å². The van der Waals surface area contributed by atoms with E-state index in [-0.39, 0.29) is 0 Å². The Balaban J connectivity index is 1.88. The molecule has 2 aromatic rings. The number of ether oxygens (including phenoxy) is 1. The molecule has 122 valence electrons. The largest absolute Gasteiger partial charge is 0.451 e. The van der Waals surface area contributed by atoms with Crippen molar-refractivity contribution in [1.82, 2.24) is 0 Å². The van der Waals surface area contributed by atoms with Crippen molar-refractivity contribution in [3.8, 4) is 11.1 Å². The Morgan fingerprint density at radius 1 is 0.792 bits per heavy atom. The third-order valence-electron chi connectivity index (χ3n) is 3.44. The molecule has 0 saturated carbocycles. The van der Waals surface area contributed by atoms with Gasteiger partial charge in [-0.2, -0.15) is 0 Å². The third-order valence-corrected chi connectivity index (χ3v) is 3.44. The van der Waals surface area contributed by atoms with E-state index >= 15 is 0 Å². The minimum atomic E-state index is -1.14. The molecule has 0 N–H and O–H groups in total. The number of hydrogen-bond donors (Lipinski definition) is 0. The highest BCUT2D eigenvalue weighted by atomic mass is 16.7. The zero-order chi connectivity index (χ0) is 17.3. The standard InChI is InChI=1S/C19H17NO4/c1-19(2,3)23-17(21)18(22)24-20-16-14-10-6-4-8-12(14)13-9-5-7-11-15(13)16/h4-11H,1-3H3. The number of rotatable bonds is 1. The predicted octanol–water partition coefficient (Wildman–Crippen LogP) is 3.30.